The molecule has 0 bridgehead atoms. The van der Waals surface area contributed by atoms with E-state index < -0.39 is 0 Å². The molecule has 0 fully saturated rings. The van der Waals surface area contributed by atoms with E-state index in [4.69, 9.17) is 0 Å². The summed E-state index contributed by atoms with van der Waals surface area (Å²) in [5, 5.41) is 9.72. The number of rotatable bonds is 5. The second kappa shape index (κ2) is 46.6. The van der Waals surface area contributed by atoms with Crippen LogP contribution in [-0.4, -0.2) is 4.98 Å². The maximum Gasteiger partial charge on any atom is 0 e. The van der Waals surface area contributed by atoms with Gasteiger partial charge in [0.15, 0.2) is 0 Å². The van der Waals surface area contributed by atoms with E-state index in [0.717, 1.165) is 82.0 Å². The Balaban J connectivity index is 0.000000156. The summed E-state index contributed by atoms with van der Waals surface area (Å²) in [5.41, 5.74) is 38.0. The zero-order valence-electron chi connectivity index (χ0n) is 66.7. The standard InChI is InChI=1S/4C23H14.C18H11N.10Y/c1-3-11-19-16(7-1)9-5-13-21(19)22-14-6-10-18-15-17-8-2-4-12-20(17)23(18)22;2*1-2-7-17-14-19(13-12-16(17)6-1)22-11-5-9-20-15-18-8-3-4-10-21(18)23(20)22;1-2-6-17-13-18(10-9-16(17)5-1)19-11-12-21-14-20-7-3-4-8-22(20)23(21)15-19;1-2-6-16-13(5-1)11-14-8-9-15(12-17(14)16)18-7-3-4-10-19-18;;;;;;;;;;/h1-12H,15H2;1-10,12,14H,15H2;1-10,12-13H,15H2;1-12H,14H2;1-6,8-10H,11H2;;;;;;;;;;/q5*-2;;;;;;;;;;. The van der Waals surface area contributed by atoms with Crippen molar-refractivity contribution in [3.8, 4) is 111 Å². The van der Waals surface area contributed by atoms with Gasteiger partial charge in [-0.2, -0.15) is 144 Å². The van der Waals surface area contributed by atoms with Crippen molar-refractivity contribution in [3.05, 3.63) is 462 Å². The van der Waals surface area contributed by atoms with Crippen LogP contribution < -0.4 is 0 Å². The van der Waals surface area contributed by atoms with Crippen molar-refractivity contribution in [3.63, 3.8) is 0 Å². The van der Waals surface area contributed by atoms with E-state index in [-0.39, 0.29) is 327 Å². The van der Waals surface area contributed by atoms with E-state index in [1.54, 1.807) is 6.20 Å². The van der Waals surface area contributed by atoms with Gasteiger partial charge in [-0.15, -0.1) is 173 Å². The molecule has 552 valence electrons. The summed E-state index contributed by atoms with van der Waals surface area (Å²) >= 11 is 0. The first-order valence-corrected chi connectivity index (χ1v) is 38.1. The first kappa shape index (κ1) is 100. The molecule has 0 N–H and O–H groups in total. The van der Waals surface area contributed by atoms with Crippen LogP contribution in [0.15, 0.2) is 346 Å². The maximum atomic E-state index is 4.34. The summed E-state index contributed by atoms with van der Waals surface area (Å²) < 4.78 is 0. The third-order valence-electron chi connectivity index (χ3n) is 22.3. The molecule has 18 aromatic carbocycles. The van der Waals surface area contributed by atoms with Crippen LogP contribution in [0.3, 0.4) is 0 Å². The Bertz CT molecular complexity index is 6670. The van der Waals surface area contributed by atoms with Gasteiger partial charge in [-0.3, -0.25) is 0 Å². The summed E-state index contributed by atoms with van der Waals surface area (Å²) in [6.45, 7) is 0. The molecule has 5 aliphatic carbocycles. The van der Waals surface area contributed by atoms with Gasteiger partial charge in [0, 0.05) is 327 Å². The van der Waals surface area contributed by atoms with Crippen LogP contribution in [0, 0.1) is 60.7 Å². The third kappa shape index (κ3) is 21.5. The molecule has 10 radical (unpaired) electrons. The zero-order valence-corrected chi connectivity index (χ0v) is 95.0. The number of fused-ring (bicyclic) bond motifs is 19. The summed E-state index contributed by atoms with van der Waals surface area (Å²) in [5.74, 6) is 0. The first-order chi connectivity index (χ1) is 55.0. The average Bonchev–Trinajstić information content (AvgIpc) is 1.42. The molecule has 11 heteroatoms. The van der Waals surface area contributed by atoms with Crippen LogP contribution in [-0.2, 0) is 359 Å². The van der Waals surface area contributed by atoms with E-state index in [9.17, 15) is 0 Å². The van der Waals surface area contributed by atoms with Gasteiger partial charge in [0.2, 0.25) is 0 Å². The van der Waals surface area contributed by atoms with Crippen LogP contribution in [0.4, 0.5) is 0 Å². The van der Waals surface area contributed by atoms with Crippen molar-refractivity contribution in [1.29, 1.82) is 0 Å². The van der Waals surface area contributed by atoms with E-state index in [0.29, 0.717) is 0 Å². The molecule has 19 aromatic rings. The molecule has 121 heavy (non-hydrogen) atoms. The van der Waals surface area contributed by atoms with Gasteiger partial charge >= 0.3 is 0 Å². The minimum absolute atomic E-state index is 0. The predicted molar refractivity (Wildman–Crippen MR) is 457 cm³/mol. The molecule has 5 aliphatic rings. The smallest absolute Gasteiger partial charge is 0 e. The topological polar surface area (TPSA) is 12.9 Å². The first-order valence-electron chi connectivity index (χ1n) is 38.1. The number of hydrogen-bond acceptors (Lipinski definition) is 1. The fourth-order valence-corrected chi connectivity index (χ4v) is 17.0. The Kier molecular flexibility index (Phi) is 38.7. The molecular formula is C110H67NY10-10. The molecule has 0 saturated heterocycles. The number of aromatic nitrogens is 1. The van der Waals surface area contributed by atoms with E-state index in [1.807, 2.05) is 30.3 Å². The quantitative estimate of drug-likeness (QED) is 0.157. The van der Waals surface area contributed by atoms with E-state index in [1.165, 1.54) is 160 Å². The molecule has 0 spiro atoms. The monoisotopic (exact) mass is 2290 g/mol. The second-order valence-corrected chi connectivity index (χ2v) is 28.9. The average molecular weight is 2290 g/mol. The molecule has 1 heterocycles. The molecule has 0 atom stereocenters. The van der Waals surface area contributed by atoms with Crippen LogP contribution in [0.5, 0.6) is 0 Å². The van der Waals surface area contributed by atoms with Crippen molar-refractivity contribution < 1.29 is 327 Å². The molecule has 0 unspecified atom stereocenters. The summed E-state index contributed by atoms with van der Waals surface area (Å²) in [6.07, 6.45) is 6.86. The van der Waals surface area contributed by atoms with Crippen molar-refractivity contribution in [2.45, 2.75) is 32.1 Å². The van der Waals surface area contributed by atoms with Gasteiger partial charge in [0.1, 0.15) is 0 Å². The zero-order chi connectivity index (χ0) is 73.6. The minimum atomic E-state index is 0. The van der Waals surface area contributed by atoms with Gasteiger partial charge < -0.3 is 4.98 Å². The summed E-state index contributed by atoms with van der Waals surface area (Å²) in [6, 6.07) is 154. The number of nitrogens with zero attached hydrogens (tertiary/aromatic N) is 1. The van der Waals surface area contributed by atoms with E-state index >= 15 is 0 Å². The van der Waals surface area contributed by atoms with Crippen LogP contribution in [0.25, 0.3) is 154 Å². The van der Waals surface area contributed by atoms with Gasteiger partial charge in [0.05, 0.1) is 0 Å². The van der Waals surface area contributed by atoms with Crippen molar-refractivity contribution in [2.24, 2.45) is 0 Å². The third-order valence-corrected chi connectivity index (χ3v) is 22.3. The van der Waals surface area contributed by atoms with Gasteiger partial charge in [-0.25, -0.2) is 27.8 Å². The Morgan fingerprint density at radius 1 is 0.207 bits per heavy atom. The predicted octanol–water partition coefficient (Wildman–Crippen LogP) is 26.6. The molecule has 24 rings (SSSR count). The number of hydrogen-bond donors (Lipinski definition) is 0. The van der Waals surface area contributed by atoms with E-state index in [2.05, 4.69) is 375 Å². The summed E-state index contributed by atoms with van der Waals surface area (Å²) in [7, 11) is 0. The van der Waals surface area contributed by atoms with Crippen LogP contribution >= 0.6 is 0 Å². The Morgan fingerprint density at radius 3 is 1.11 bits per heavy atom. The Hall–Kier alpha value is -2.81. The van der Waals surface area contributed by atoms with Crippen molar-refractivity contribution >= 4 is 43.1 Å². The molecule has 1 aromatic heterocycles. The minimum Gasteiger partial charge on any atom is -0.334 e. The normalized spacial score (nSPS) is 11.1. The Labute approximate surface area is 963 Å². The van der Waals surface area contributed by atoms with Crippen LogP contribution in [0.2, 0.25) is 0 Å². The molecular weight excluding hydrogens is 2220 g/mol. The van der Waals surface area contributed by atoms with Gasteiger partial charge in [0.25, 0.3) is 0 Å². The van der Waals surface area contributed by atoms with Crippen molar-refractivity contribution in [1.82, 2.24) is 4.98 Å². The number of pyridine rings is 1. The van der Waals surface area contributed by atoms with Crippen LogP contribution in [0.1, 0.15) is 55.6 Å². The fourth-order valence-electron chi connectivity index (χ4n) is 17.0. The molecule has 0 saturated carbocycles. The molecule has 0 aliphatic heterocycles. The Morgan fingerprint density at radius 2 is 0.579 bits per heavy atom. The van der Waals surface area contributed by atoms with Gasteiger partial charge in [-0.1, -0.05) is 250 Å². The second-order valence-electron chi connectivity index (χ2n) is 28.9. The fraction of sp³-hybridized carbons (Fsp3) is 0.0455. The number of benzene rings is 18. The molecule has 0 amide bonds. The molecule has 1 nitrogen and oxygen atoms in total. The summed E-state index contributed by atoms with van der Waals surface area (Å²) in [4.78, 5) is 4.34. The van der Waals surface area contributed by atoms with Gasteiger partial charge in [-0.05, 0) is 55.0 Å². The SMILES string of the molecule is [Y].[Y].[Y].[Y].[Y].[Y].[Y].[Y].[Y].[Y].[c-]1c(-c2[c-]c3ccccc3cc2)ccc2c1-c1ccccc1C2.[c-]1cc2ccccc2cc1-c1[c-]ccc2c1-c1ccccc1C2.[c-]1ccc2c(c1-c1[c-]c3ccccc3cc1)-c1ccccc1C2.[c-]1ccc2c(c1-c1[c-]ccc3ccccc13)-c1ccccc1C2.[c-]1cccnc1-c1[c-]c2c(cc1)Cc1ccccc1-2. The maximum absolute atomic E-state index is 4.34. The van der Waals surface area contributed by atoms with Crippen molar-refractivity contribution in [2.75, 3.05) is 0 Å². The largest absolute Gasteiger partial charge is 0.334 e.